The maximum atomic E-state index is 6.11. The average Bonchev–Trinajstić information content (AvgIpc) is 3.44. The summed E-state index contributed by atoms with van der Waals surface area (Å²) in [6.07, 6.45) is 0. The number of nitrogens with zero attached hydrogens (tertiary/aromatic N) is 9. The summed E-state index contributed by atoms with van der Waals surface area (Å²) in [4.78, 5) is 6.58. The Hall–Kier alpha value is -3.86. The summed E-state index contributed by atoms with van der Waals surface area (Å²) >= 11 is 0. The molecule has 4 heterocycles. The van der Waals surface area contributed by atoms with Crippen LogP contribution in [0.1, 0.15) is 17.4 Å². The van der Waals surface area contributed by atoms with Gasteiger partial charge in [-0.2, -0.15) is 9.61 Å². The van der Waals surface area contributed by atoms with Crippen molar-refractivity contribution < 1.29 is 9.26 Å². The predicted molar refractivity (Wildman–Crippen MR) is 111 cm³/mol. The zero-order chi connectivity index (χ0) is 21.5. The zero-order valence-corrected chi connectivity index (χ0v) is 17.6. The molecule has 11 heteroatoms. The molecule has 31 heavy (non-hydrogen) atoms. The highest BCUT2D eigenvalue weighted by Crippen LogP contribution is 2.29. The van der Waals surface area contributed by atoms with Gasteiger partial charge in [-0.05, 0) is 27.1 Å². The van der Waals surface area contributed by atoms with E-state index in [4.69, 9.17) is 9.26 Å². The highest BCUT2D eigenvalue weighted by molar-refractivity contribution is 5.96. The fourth-order valence-electron chi connectivity index (χ4n) is 3.37. The molecule has 0 bridgehead atoms. The van der Waals surface area contributed by atoms with Crippen molar-refractivity contribution in [3.8, 4) is 17.4 Å². The molecule has 1 aromatic carbocycles. The molecule has 0 fully saturated rings. The maximum Gasteiger partial charge on any atom is 0.240 e. The minimum Gasteiger partial charge on any atom is -0.468 e. The van der Waals surface area contributed by atoms with Gasteiger partial charge >= 0.3 is 0 Å². The predicted octanol–water partition coefficient (Wildman–Crippen LogP) is 2.01. The van der Waals surface area contributed by atoms with Crippen LogP contribution < -0.4 is 4.74 Å². The first-order valence-electron chi connectivity index (χ1n) is 9.74. The average molecular weight is 419 g/mol. The van der Waals surface area contributed by atoms with E-state index in [1.165, 1.54) is 0 Å². The van der Waals surface area contributed by atoms with Gasteiger partial charge in [0.25, 0.3) is 0 Å². The molecule has 4 aromatic heterocycles. The molecule has 0 saturated heterocycles. The summed E-state index contributed by atoms with van der Waals surface area (Å²) < 4.78 is 14.7. The number of hydrogen-bond acceptors (Lipinski definition) is 9. The molecule has 0 spiro atoms. The van der Waals surface area contributed by atoms with Gasteiger partial charge in [0.05, 0.1) is 6.54 Å². The van der Waals surface area contributed by atoms with Crippen LogP contribution in [0.5, 0.6) is 5.88 Å². The van der Waals surface area contributed by atoms with Crippen LogP contribution in [0.15, 0.2) is 34.9 Å². The van der Waals surface area contributed by atoms with E-state index in [9.17, 15) is 0 Å². The van der Waals surface area contributed by atoms with E-state index in [1.807, 2.05) is 57.2 Å². The zero-order valence-electron chi connectivity index (χ0n) is 17.6. The standard InChI is InChI=1S/C20H21N9O2/c1-12-9-15(26-31-12)19-23-22-18-13-7-5-6-8-14(13)20(25-29(18)19)30-11-17-21-16(10-27(2)3)24-28(17)4/h5-9H,10-11H2,1-4H3. The molecule has 0 aliphatic rings. The SMILES string of the molecule is Cc1cc(-c2nnc3c4ccccc4c(OCc4nc(CN(C)C)nn4C)nn23)no1. The van der Waals surface area contributed by atoms with Crippen molar-refractivity contribution >= 4 is 16.4 Å². The fraction of sp³-hybridized carbons (Fsp3) is 0.300. The van der Waals surface area contributed by atoms with Crippen LogP contribution in [0.3, 0.4) is 0 Å². The van der Waals surface area contributed by atoms with E-state index in [-0.39, 0.29) is 6.61 Å². The van der Waals surface area contributed by atoms with Gasteiger partial charge in [0.15, 0.2) is 23.0 Å². The Labute approximate surface area is 177 Å². The van der Waals surface area contributed by atoms with E-state index in [1.54, 1.807) is 15.3 Å². The number of aryl methyl sites for hydroxylation is 2. The summed E-state index contributed by atoms with van der Waals surface area (Å²) in [5.74, 6) is 3.05. The van der Waals surface area contributed by atoms with Gasteiger partial charge in [-0.1, -0.05) is 23.4 Å². The lowest BCUT2D eigenvalue weighted by Gasteiger charge is -2.09. The molecule has 0 N–H and O–H groups in total. The molecule has 0 aliphatic carbocycles. The molecule has 5 aromatic rings. The topological polar surface area (TPSA) is 112 Å². The Morgan fingerprint density at radius 2 is 1.90 bits per heavy atom. The Bertz CT molecular complexity index is 1380. The normalized spacial score (nSPS) is 11.8. The molecule has 5 rings (SSSR count). The van der Waals surface area contributed by atoms with Crippen molar-refractivity contribution in [1.29, 1.82) is 0 Å². The fourth-order valence-corrected chi connectivity index (χ4v) is 3.37. The minimum absolute atomic E-state index is 0.222. The van der Waals surface area contributed by atoms with Crippen LogP contribution in [0.2, 0.25) is 0 Å². The third-order valence-electron chi connectivity index (χ3n) is 4.78. The molecule has 158 valence electrons. The molecule has 0 atom stereocenters. The molecule has 0 unspecified atom stereocenters. The lowest BCUT2D eigenvalue weighted by molar-refractivity contribution is 0.278. The van der Waals surface area contributed by atoms with Crippen molar-refractivity contribution in [3.05, 3.63) is 47.7 Å². The molecule has 11 nitrogen and oxygen atoms in total. The third kappa shape index (κ3) is 3.48. The Morgan fingerprint density at radius 1 is 1.10 bits per heavy atom. The summed E-state index contributed by atoms with van der Waals surface area (Å²) in [7, 11) is 5.81. The highest BCUT2D eigenvalue weighted by Gasteiger charge is 2.19. The van der Waals surface area contributed by atoms with Crippen LogP contribution in [0, 0.1) is 6.92 Å². The number of benzene rings is 1. The van der Waals surface area contributed by atoms with Crippen molar-refractivity contribution in [2.24, 2.45) is 7.05 Å². The van der Waals surface area contributed by atoms with E-state index in [0.717, 1.165) is 16.6 Å². The third-order valence-corrected chi connectivity index (χ3v) is 4.78. The summed E-state index contributed by atoms with van der Waals surface area (Å²) in [5, 5.41) is 23.5. The van der Waals surface area contributed by atoms with Gasteiger partial charge in [0, 0.05) is 23.9 Å². The number of aromatic nitrogens is 8. The number of rotatable bonds is 6. The smallest absolute Gasteiger partial charge is 0.240 e. The van der Waals surface area contributed by atoms with E-state index >= 15 is 0 Å². The quantitative estimate of drug-likeness (QED) is 0.408. The van der Waals surface area contributed by atoms with Crippen molar-refractivity contribution in [1.82, 2.24) is 44.6 Å². The lowest BCUT2D eigenvalue weighted by atomic mass is 10.2. The van der Waals surface area contributed by atoms with Crippen LogP contribution in [-0.2, 0) is 20.2 Å². The Kier molecular flexibility index (Phi) is 4.59. The van der Waals surface area contributed by atoms with Gasteiger partial charge in [0.2, 0.25) is 11.7 Å². The van der Waals surface area contributed by atoms with Crippen molar-refractivity contribution in [3.63, 3.8) is 0 Å². The van der Waals surface area contributed by atoms with Crippen LogP contribution in [0.4, 0.5) is 0 Å². The molecule has 0 amide bonds. The maximum absolute atomic E-state index is 6.11. The Morgan fingerprint density at radius 3 is 2.65 bits per heavy atom. The Balaban J connectivity index is 1.55. The second-order valence-electron chi connectivity index (χ2n) is 7.53. The van der Waals surface area contributed by atoms with Crippen LogP contribution in [-0.4, -0.2) is 58.7 Å². The monoisotopic (exact) mass is 419 g/mol. The molecule has 0 radical (unpaired) electrons. The summed E-state index contributed by atoms with van der Waals surface area (Å²) in [6.45, 7) is 2.70. The first kappa shape index (κ1) is 19.1. The molecule has 0 aliphatic heterocycles. The molecular formula is C20H21N9O2. The van der Waals surface area contributed by atoms with E-state index in [2.05, 4.69) is 30.5 Å². The van der Waals surface area contributed by atoms with Gasteiger partial charge in [-0.3, -0.25) is 0 Å². The second-order valence-corrected chi connectivity index (χ2v) is 7.53. The van der Waals surface area contributed by atoms with E-state index < -0.39 is 0 Å². The lowest BCUT2D eigenvalue weighted by Crippen LogP contribution is -2.12. The van der Waals surface area contributed by atoms with Crippen molar-refractivity contribution in [2.75, 3.05) is 14.1 Å². The van der Waals surface area contributed by atoms with E-state index in [0.29, 0.717) is 41.2 Å². The number of hydrogen-bond donors (Lipinski definition) is 0. The first-order valence-corrected chi connectivity index (χ1v) is 9.74. The summed E-state index contributed by atoms with van der Waals surface area (Å²) in [5.41, 5.74) is 1.17. The van der Waals surface area contributed by atoms with Gasteiger partial charge in [0.1, 0.15) is 12.4 Å². The highest BCUT2D eigenvalue weighted by atomic mass is 16.5. The van der Waals surface area contributed by atoms with Crippen LogP contribution in [0.25, 0.3) is 27.9 Å². The largest absolute Gasteiger partial charge is 0.468 e. The van der Waals surface area contributed by atoms with Gasteiger partial charge < -0.3 is 14.2 Å². The second kappa shape index (κ2) is 7.43. The molecular weight excluding hydrogens is 398 g/mol. The number of ether oxygens (including phenoxy) is 1. The van der Waals surface area contributed by atoms with Gasteiger partial charge in [-0.25, -0.2) is 9.67 Å². The van der Waals surface area contributed by atoms with Crippen LogP contribution >= 0.6 is 0 Å². The minimum atomic E-state index is 0.222. The van der Waals surface area contributed by atoms with Crippen molar-refractivity contribution in [2.45, 2.75) is 20.1 Å². The van der Waals surface area contributed by atoms with Gasteiger partial charge in [-0.15, -0.1) is 15.3 Å². The number of fused-ring (bicyclic) bond motifs is 3. The first-order chi connectivity index (χ1) is 15.0. The molecule has 0 saturated carbocycles. The summed E-state index contributed by atoms with van der Waals surface area (Å²) in [6, 6.07) is 9.57.